The van der Waals surface area contributed by atoms with E-state index < -0.39 is 17.2 Å². The van der Waals surface area contributed by atoms with Crippen LogP contribution in [0.15, 0.2) is 60.7 Å². The highest BCUT2D eigenvalue weighted by Crippen LogP contribution is 2.38. The van der Waals surface area contributed by atoms with Crippen molar-refractivity contribution in [3.8, 4) is 28.6 Å². The summed E-state index contributed by atoms with van der Waals surface area (Å²) in [7, 11) is 0. The number of anilines is 2. The minimum absolute atomic E-state index is 0.309. The van der Waals surface area contributed by atoms with Crippen LogP contribution in [0.3, 0.4) is 0 Å². The molecule has 0 unspecified atom stereocenters. The molecule has 0 saturated heterocycles. The summed E-state index contributed by atoms with van der Waals surface area (Å²) >= 11 is 0. The molecular formula is C21H18N4O3. The Morgan fingerprint density at radius 1 is 0.857 bits per heavy atom. The fourth-order valence-corrected chi connectivity index (χ4v) is 2.90. The minimum atomic E-state index is -0.578. The van der Waals surface area contributed by atoms with E-state index in [9.17, 15) is 15.3 Å². The van der Waals surface area contributed by atoms with Gasteiger partial charge in [-0.3, -0.25) is 0 Å². The molecule has 6 N–H and O–H groups in total. The van der Waals surface area contributed by atoms with Crippen molar-refractivity contribution in [1.82, 2.24) is 9.97 Å². The normalized spacial score (nSPS) is 10.9. The quantitative estimate of drug-likeness (QED) is 0.273. The topological polar surface area (TPSA) is 125 Å². The first-order valence-electron chi connectivity index (χ1n) is 8.61. The van der Waals surface area contributed by atoms with E-state index in [0.29, 0.717) is 35.0 Å². The summed E-state index contributed by atoms with van der Waals surface area (Å²) in [6.07, 6.45) is 0. The van der Waals surface area contributed by atoms with Gasteiger partial charge in [0.25, 0.3) is 0 Å². The van der Waals surface area contributed by atoms with Gasteiger partial charge >= 0.3 is 0 Å². The van der Waals surface area contributed by atoms with Crippen LogP contribution in [-0.2, 0) is 6.54 Å². The number of phenols is 3. The summed E-state index contributed by atoms with van der Waals surface area (Å²) in [5.74, 6) is -0.536. The Morgan fingerprint density at radius 3 is 2.25 bits per heavy atom. The summed E-state index contributed by atoms with van der Waals surface area (Å²) in [5.41, 5.74) is 8.56. The summed E-state index contributed by atoms with van der Waals surface area (Å²) in [6.45, 7) is 0.535. The molecule has 7 heteroatoms. The largest absolute Gasteiger partial charge is 0.504 e. The SMILES string of the molecule is Nc1ccc(CNc2nc(-c3cc(O)c(O)c(O)c3)nc3ccccc23)cc1. The molecule has 0 radical (unpaired) electrons. The number of aromatic nitrogens is 2. The number of hydrogen-bond acceptors (Lipinski definition) is 7. The lowest BCUT2D eigenvalue weighted by Crippen LogP contribution is -2.04. The highest BCUT2D eigenvalue weighted by Gasteiger charge is 2.14. The van der Waals surface area contributed by atoms with Crippen molar-refractivity contribution in [3.63, 3.8) is 0 Å². The predicted octanol–water partition coefficient (Wildman–Crippen LogP) is 3.61. The van der Waals surface area contributed by atoms with E-state index in [1.807, 2.05) is 48.5 Å². The van der Waals surface area contributed by atoms with Crippen LogP contribution in [0, 0.1) is 0 Å². The molecule has 1 heterocycles. The molecule has 4 aromatic rings. The van der Waals surface area contributed by atoms with Gasteiger partial charge < -0.3 is 26.4 Å². The molecule has 0 aliphatic carbocycles. The van der Waals surface area contributed by atoms with E-state index in [2.05, 4.69) is 15.3 Å². The van der Waals surface area contributed by atoms with Crippen molar-refractivity contribution in [2.45, 2.75) is 6.54 Å². The van der Waals surface area contributed by atoms with Gasteiger partial charge in [0, 0.05) is 23.2 Å². The number of rotatable bonds is 4. The Kier molecular flexibility index (Phi) is 4.33. The van der Waals surface area contributed by atoms with E-state index in [1.54, 1.807) is 0 Å². The first-order valence-corrected chi connectivity index (χ1v) is 8.61. The Balaban J connectivity index is 1.76. The summed E-state index contributed by atoms with van der Waals surface area (Å²) in [4.78, 5) is 9.08. The third-order valence-electron chi connectivity index (χ3n) is 4.37. The Labute approximate surface area is 160 Å². The van der Waals surface area contributed by atoms with Gasteiger partial charge in [-0.1, -0.05) is 24.3 Å². The number of nitrogen functional groups attached to an aromatic ring is 1. The molecule has 28 heavy (non-hydrogen) atoms. The molecule has 7 nitrogen and oxygen atoms in total. The molecule has 0 spiro atoms. The predicted molar refractivity (Wildman–Crippen MR) is 108 cm³/mol. The number of nitrogens with one attached hydrogen (secondary N) is 1. The zero-order valence-electron chi connectivity index (χ0n) is 14.8. The standard InChI is InChI=1S/C21H18N4O3/c22-14-7-5-12(6-8-14)11-23-21-15-3-1-2-4-16(15)24-20(25-21)13-9-17(26)19(28)18(27)10-13/h1-10,26-28H,11,22H2,(H,23,24,25). The van der Waals surface area contributed by atoms with Gasteiger partial charge in [-0.05, 0) is 42.0 Å². The molecule has 140 valence electrons. The molecule has 3 aromatic carbocycles. The molecule has 0 saturated carbocycles. The number of nitrogens with two attached hydrogens (primary N) is 1. The van der Waals surface area contributed by atoms with E-state index in [1.165, 1.54) is 12.1 Å². The van der Waals surface area contributed by atoms with Crippen molar-refractivity contribution in [2.75, 3.05) is 11.1 Å². The number of phenolic OH excluding ortho intramolecular Hbond substituents is 3. The average Bonchev–Trinajstić information content (AvgIpc) is 2.70. The van der Waals surface area contributed by atoms with Gasteiger partial charge in [-0.25, -0.2) is 9.97 Å². The van der Waals surface area contributed by atoms with Gasteiger partial charge in [0.1, 0.15) is 5.82 Å². The summed E-state index contributed by atoms with van der Waals surface area (Å²) < 4.78 is 0. The van der Waals surface area contributed by atoms with Crippen LogP contribution < -0.4 is 11.1 Å². The molecule has 0 atom stereocenters. The fraction of sp³-hybridized carbons (Fsp3) is 0.0476. The number of nitrogens with zero attached hydrogens (tertiary/aromatic N) is 2. The van der Waals surface area contributed by atoms with Crippen LogP contribution >= 0.6 is 0 Å². The number of fused-ring (bicyclic) bond motifs is 1. The molecule has 0 aliphatic heterocycles. The minimum Gasteiger partial charge on any atom is -0.504 e. The van der Waals surface area contributed by atoms with Crippen molar-refractivity contribution in [1.29, 1.82) is 0 Å². The van der Waals surface area contributed by atoms with Gasteiger partial charge in [-0.2, -0.15) is 0 Å². The number of para-hydroxylation sites is 1. The van der Waals surface area contributed by atoms with Gasteiger partial charge in [-0.15, -0.1) is 0 Å². The van der Waals surface area contributed by atoms with E-state index >= 15 is 0 Å². The van der Waals surface area contributed by atoms with E-state index in [-0.39, 0.29) is 0 Å². The Bertz CT molecular complexity index is 1140. The van der Waals surface area contributed by atoms with Crippen molar-refractivity contribution >= 4 is 22.4 Å². The van der Waals surface area contributed by atoms with Crippen molar-refractivity contribution < 1.29 is 15.3 Å². The molecule has 0 bridgehead atoms. The second kappa shape index (κ2) is 6.96. The van der Waals surface area contributed by atoms with Crippen LogP contribution in [0.5, 0.6) is 17.2 Å². The number of benzene rings is 3. The highest BCUT2D eigenvalue weighted by molar-refractivity contribution is 5.90. The molecule has 4 rings (SSSR count). The lowest BCUT2D eigenvalue weighted by atomic mass is 10.1. The van der Waals surface area contributed by atoms with E-state index in [0.717, 1.165) is 10.9 Å². The van der Waals surface area contributed by atoms with E-state index in [4.69, 9.17) is 5.73 Å². The molecular weight excluding hydrogens is 356 g/mol. The first kappa shape index (κ1) is 17.4. The Hall–Kier alpha value is -4.00. The van der Waals surface area contributed by atoms with Gasteiger partial charge in [0.2, 0.25) is 0 Å². The average molecular weight is 374 g/mol. The number of aromatic hydroxyl groups is 3. The summed E-state index contributed by atoms with van der Waals surface area (Å²) in [6, 6.07) is 17.7. The fourth-order valence-electron chi connectivity index (χ4n) is 2.90. The second-order valence-corrected chi connectivity index (χ2v) is 6.37. The maximum absolute atomic E-state index is 9.81. The highest BCUT2D eigenvalue weighted by atomic mass is 16.3. The van der Waals surface area contributed by atoms with Crippen LogP contribution in [-0.4, -0.2) is 25.3 Å². The maximum Gasteiger partial charge on any atom is 0.200 e. The van der Waals surface area contributed by atoms with Crippen LogP contribution in [0.1, 0.15) is 5.56 Å². The Morgan fingerprint density at radius 2 is 1.54 bits per heavy atom. The molecule has 1 aromatic heterocycles. The van der Waals surface area contributed by atoms with Gasteiger partial charge in [0.05, 0.1) is 5.52 Å². The van der Waals surface area contributed by atoms with Crippen molar-refractivity contribution in [3.05, 3.63) is 66.2 Å². The lowest BCUT2D eigenvalue weighted by molar-refractivity contribution is 0.368. The van der Waals surface area contributed by atoms with Crippen LogP contribution in [0.25, 0.3) is 22.3 Å². The van der Waals surface area contributed by atoms with Crippen molar-refractivity contribution in [2.24, 2.45) is 0 Å². The van der Waals surface area contributed by atoms with Gasteiger partial charge in [0.15, 0.2) is 23.1 Å². The molecule has 0 aliphatic rings. The molecule has 0 fully saturated rings. The molecule has 0 amide bonds. The monoisotopic (exact) mass is 374 g/mol. The van der Waals surface area contributed by atoms with Crippen LogP contribution in [0.2, 0.25) is 0 Å². The lowest BCUT2D eigenvalue weighted by Gasteiger charge is -2.12. The van der Waals surface area contributed by atoms with Crippen LogP contribution in [0.4, 0.5) is 11.5 Å². The first-order chi connectivity index (χ1) is 13.5. The smallest absolute Gasteiger partial charge is 0.200 e. The third kappa shape index (κ3) is 3.33. The maximum atomic E-state index is 9.81. The number of hydrogen-bond donors (Lipinski definition) is 5. The second-order valence-electron chi connectivity index (χ2n) is 6.37. The zero-order chi connectivity index (χ0) is 19.7. The zero-order valence-corrected chi connectivity index (χ0v) is 14.8. The third-order valence-corrected chi connectivity index (χ3v) is 4.37. The summed E-state index contributed by atoms with van der Waals surface area (Å²) in [5, 5.41) is 33.3.